The molecule has 0 radical (unpaired) electrons. The van der Waals surface area contributed by atoms with Gasteiger partial charge in [0.15, 0.2) is 5.78 Å². The third-order valence-electron chi connectivity index (χ3n) is 3.91. The van der Waals surface area contributed by atoms with Gasteiger partial charge in [0, 0.05) is 18.7 Å². The molecule has 17 heavy (non-hydrogen) atoms. The first-order valence-corrected chi connectivity index (χ1v) is 6.42. The largest absolute Gasteiger partial charge is 0.315 e. The van der Waals surface area contributed by atoms with Gasteiger partial charge in [0.2, 0.25) is 0 Å². The van der Waals surface area contributed by atoms with Crippen molar-refractivity contribution in [2.45, 2.75) is 33.6 Å². The highest BCUT2D eigenvalue weighted by atomic mass is 16.1. The average Bonchev–Trinajstić information content (AvgIpc) is 2.26. The number of benzene rings is 1. The predicted octanol–water partition coefficient (Wildman–Crippen LogP) is 2.88. The zero-order chi connectivity index (χ0) is 12.5. The summed E-state index contributed by atoms with van der Waals surface area (Å²) in [6.07, 6.45) is 2.06. The first kappa shape index (κ1) is 12.3. The van der Waals surface area contributed by atoms with E-state index in [1.165, 1.54) is 11.1 Å². The smallest absolute Gasteiger partial charge is 0.171 e. The summed E-state index contributed by atoms with van der Waals surface area (Å²) in [5.41, 5.74) is 3.20. The Kier molecular flexibility index (Phi) is 3.34. The fourth-order valence-corrected chi connectivity index (χ4v) is 2.55. The highest BCUT2D eigenvalue weighted by Crippen LogP contribution is 2.33. The SMILES string of the molecule is CCCC1(C(=O)c2ccc(C)c(C)c2)CNC1. The standard InChI is InChI=1S/C15H21NO/c1-4-7-15(9-16-10-15)14(17)13-6-5-11(2)12(3)8-13/h5-6,8,16H,4,7,9-10H2,1-3H3. The van der Waals surface area contributed by atoms with Crippen molar-refractivity contribution in [3.8, 4) is 0 Å². The van der Waals surface area contributed by atoms with Crippen LogP contribution in [0.3, 0.4) is 0 Å². The molecule has 0 aromatic heterocycles. The van der Waals surface area contributed by atoms with Crippen LogP contribution in [0.2, 0.25) is 0 Å². The van der Waals surface area contributed by atoms with Crippen molar-refractivity contribution in [2.75, 3.05) is 13.1 Å². The minimum atomic E-state index is -0.129. The Hall–Kier alpha value is -1.15. The normalized spacial score (nSPS) is 17.6. The summed E-state index contributed by atoms with van der Waals surface area (Å²) in [6.45, 7) is 7.97. The Morgan fingerprint density at radius 2 is 2.00 bits per heavy atom. The molecule has 92 valence electrons. The summed E-state index contributed by atoms with van der Waals surface area (Å²) in [7, 11) is 0. The van der Waals surface area contributed by atoms with Gasteiger partial charge in [0.25, 0.3) is 0 Å². The van der Waals surface area contributed by atoms with Crippen molar-refractivity contribution >= 4 is 5.78 Å². The Balaban J connectivity index is 2.26. The Morgan fingerprint density at radius 3 is 2.47 bits per heavy atom. The molecule has 1 fully saturated rings. The highest BCUT2D eigenvalue weighted by molar-refractivity contribution is 6.01. The van der Waals surface area contributed by atoms with Gasteiger partial charge in [-0.25, -0.2) is 0 Å². The first-order valence-electron chi connectivity index (χ1n) is 6.42. The van der Waals surface area contributed by atoms with Crippen LogP contribution >= 0.6 is 0 Å². The lowest BCUT2D eigenvalue weighted by atomic mass is 9.72. The van der Waals surface area contributed by atoms with Crippen molar-refractivity contribution in [3.63, 3.8) is 0 Å². The molecule has 2 rings (SSSR count). The van der Waals surface area contributed by atoms with Crippen LogP contribution < -0.4 is 5.32 Å². The van der Waals surface area contributed by atoms with E-state index in [1.54, 1.807) is 0 Å². The summed E-state index contributed by atoms with van der Waals surface area (Å²) >= 11 is 0. The van der Waals surface area contributed by atoms with Crippen LogP contribution in [0.1, 0.15) is 41.3 Å². The van der Waals surface area contributed by atoms with E-state index in [-0.39, 0.29) is 5.41 Å². The summed E-state index contributed by atoms with van der Waals surface area (Å²) < 4.78 is 0. The second-order valence-electron chi connectivity index (χ2n) is 5.26. The Morgan fingerprint density at radius 1 is 1.29 bits per heavy atom. The quantitative estimate of drug-likeness (QED) is 0.807. The average molecular weight is 231 g/mol. The lowest BCUT2D eigenvalue weighted by molar-refractivity contribution is 0.0652. The molecular weight excluding hydrogens is 210 g/mol. The molecule has 2 heteroatoms. The molecule has 1 N–H and O–H groups in total. The molecule has 0 atom stereocenters. The molecule has 1 heterocycles. The number of carbonyl (C=O) groups is 1. The van der Waals surface area contributed by atoms with Crippen molar-refractivity contribution in [1.82, 2.24) is 5.32 Å². The third-order valence-corrected chi connectivity index (χ3v) is 3.91. The number of carbonyl (C=O) groups excluding carboxylic acids is 1. The van der Waals surface area contributed by atoms with E-state index in [4.69, 9.17) is 0 Å². The fraction of sp³-hybridized carbons (Fsp3) is 0.533. The maximum atomic E-state index is 12.6. The van der Waals surface area contributed by atoms with Gasteiger partial charge >= 0.3 is 0 Å². The van der Waals surface area contributed by atoms with Gasteiger partial charge in [-0.3, -0.25) is 4.79 Å². The number of Topliss-reactive ketones (excluding diaryl/α,β-unsaturated/α-hetero) is 1. The molecule has 0 aliphatic carbocycles. The number of hydrogen-bond acceptors (Lipinski definition) is 2. The Labute approximate surface area is 103 Å². The molecule has 0 bridgehead atoms. The second-order valence-corrected chi connectivity index (χ2v) is 5.26. The molecule has 1 aromatic carbocycles. The van der Waals surface area contributed by atoms with Crippen molar-refractivity contribution < 1.29 is 4.79 Å². The van der Waals surface area contributed by atoms with Crippen LogP contribution in [-0.4, -0.2) is 18.9 Å². The zero-order valence-corrected chi connectivity index (χ0v) is 11.0. The molecule has 1 aliphatic heterocycles. The highest BCUT2D eigenvalue weighted by Gasteiger charge is 2.43. The van der Waals surface area contributed by atoms with E-state index < -0.39 is 0 Å². The lowest BCUT2D eigenvalue weighted by Crippen LogP contribution is -2.58. The maximum Gasteiger partial charge on any atom is 0.171 e. The fourth-order valence-electron chi connectivity index (χ4n) is 2.55. The maximum absolute atomic E-state index is 12.6. The van der Waals surface area contributed by atoms with Gasteiger partial charge < -0.3 is 5.32 Å². The predicted molar refractivity (Wildman–Crippen MR) is 70.5 cm³/mol. The summed E-state index contributed by atoms with van der Waals surface area (Å²) in [4.78, 5) is 12.6. The number of aryl methyl sites for hydroxylation is 2. The molecule has 1 aliphatic rings. The minimum Gasteiger partial charge on any atom is -0.315 e. The topological polar surface area (TPSA) is 29.1 Å². The lowest BCUT2D eigenvalue weighted by Gasteiger charge is -2.41. The summed E-state index contributed by atoms with van der Waals surface area (Å²) in [5.74, 6) is 0.321. The van der Waals surface area contributed by atoms with E-state index in [2.05, 4.69) is 26.1 Å². The van der Waals surface area contributed by atoms with Crippen LogP contribution in [0, 0.1) is 19.3 Å². The van der Waals surface area contributed by atoms with E-state index >= 15 is 0 Å². The number of hydrogen-bond donors (Lipinski definition) is 1. The molecule has 0 spiro atoms. The first-order chi connectivity index (χ1) is 8.09. The van der Waals surface area contributed by atoms with Gasteiger partial charge in [-0.2, -0.15) is 0 Å². The van der Waals surface area contributed by atoms with Gasteiger partial charge in [0.1, 0.15) is 0 Å². The van der Waals surface area contributed by atoms with Gasteiger partial charge in [-0.1, -0.05) is 25.5 Å². The van der Waals surface area contributed by atoms with Crippen molar-refractivity contribution in [1.29, 1.82) is 0 Å². The van der Waals surface area contributed by atoms with E-state index in [0.717, 1.165) is 31.5 Å². The second kappa shape index (κ2) is 4.61. The van der Waals surface area contributed by atoms with Crippen LogP contribution in [0.25, 0.3) is 0 Å². The molecule has 1 aromatic rings. The molecule has 0 amide bonds. The number of ketones is 1. The molecule has 1 saturated heterocycles. The van der Waals surface area contributed by atoms with Gasteiger partial charge in [0.05, 0.1) is 5.41 Å². The van der Waals surface area contributed by atoms with E-state index in [9.17, 15) is 4.79 Å². The third kappa shape index (κ3) is 2.14. The summed E-state index contributed by atoms with van der Waals surface area (Å²) in [5, 5.41) is 3.24. The summed E-state index contributed by atoms with van der Waals surface area (Å²) in [6, 6.07) is 6.06. The van der Waals surface area contributed by atoms with Gasteiger partial charge in [-0.15, -0.1) is 0 Å². The van der Waals surface area contributed by atoms with Crippen LogP contribution in [0.15, 0.2) is 18.2 Å². The minimum absolute atomic E-state index is 0.129. The number of rotatable bonds is 4. The monoisotopic (exact) mass is 231 g/mol. The molecule has 0 saturated carbocycles. The van der Waals surface area contributed by atoms with Crippen molar-refractivity contribution in [2.24, 2.45) is 5.41 Å². The van der Waals surface area contributed by atoms with Gasteiger partial charge in [-0.05, 0) is 37.5 Å². The molecular formula is C15H21NO. The zero-order valence-electron chi connectivity index (χ0n) is 11.0. The number of nitrogens with one attached hydrogen (secondary N) is 1. The van der Waals surface area contributed by atoms with Crippen LogP contribution in [0.5, 0.6) is 0 Å². The van der Waals surface area contributed by atoms with Crippen molar-refractivity contribution in [3.05, 3.63) is 34.9 Å². The van der Waals surface area contributed by atoms with Crippen LogP contribution in [0.4, 0.5) is 0 Å². The Bertz CT molecular complexity index is 433. The van der Waals surface area contributed by atoms with Crippen LogP contribution in [-0.2, 0) is 0 Å². The molecule has 2 nitrogen and oxygen atoms in total. The van der Waals surface area contributed by atoms with E-state index in [0.29, 0.717) is 5.78 Å². The molecule has 0 unspecified atom stereocenters. The van der Waals surface area contributed by atoms with E-state index in [1.807, 2.05) is 18.2 Å².